The van der Waals surface area contributed by atoms with E-state index in [1.807, 2.05) is 24.3 Å². The Morgan fingerprint density at radius 3 is 3.03 bits per heavy atom. The largest absolute Gasteiger partial charge is 0.454 e. The van der Waals surface area contributed by atoms with E-state index >= 15 is 0 Å². The first-order valence-corrected chi connectivity index (χ1v) is 11.0. The second-order valence-electron chi connectivity index (χ2n) is 8.18. The monoisotopic (exact) mass is 421 g/mol. The molecule has 0 saturated carbocycles. The van der Waals surface area contributed by atoms with Crippen LogP contribution in [0.2, 0.25) is 0 Å². The summed E-state index contributed by atoms with van der Waals surface area (Å²) in [5, 5.41) is 7.46. The Morgan fingerprint density at radius 1 is 1.23 bits per heavy atom. The maximum Gasteiger partial charge on any atom is 0.256 e. The number of hydrogen-bond donors (Lipinski definition) is 1. The summed E-state index contributed by atoms with van der Waals surface area (Å²) in [4.78, 5) is 19.7. The molecule has 1 N–H and O–H groups in total. The number of benzene rings is 1. The van der Waals surface area contributed by atoms with Crippen LogP contribution in [0.3, 0.4) is 0 Å². The van der Waals surface area contributed by atoms with Crippen LogP contribution in [0, 0.1) is 0 Å². The molecular weight excluding hydrogens is 394 g/mol. The molecule has 5 rings (SSSR count). The Kier molecular flexibility index (Phi) is 5.46. The third kappa shape index (κ3) is 3.95. The summed E-state index contributed by atoms with van der Waals surface area (Å²) in [6.45, 7) is 5.34. The van der Waals surface area contributed by atoms with Crippen molar-refractivity contribution in [2.45, 2.75) is 38.6 Å². The van der Waals surface area contributed by atoms with Gasteiger partial charge in [0, 0.05) is 30.9 Å². The summed E-state index contributed by atoms with van der Waals surface area (Å²) in [5.41, 5.74) is 2.77. The van der Waals surface area contributed by atoms with Crippen molar-refractivity contribution >= 4 is 11.6 Å². The first kappa shape index (κ1) is 19.8. The normalized spacial score (nSPS) is 18.4. The van der Waals surface area contributed by atoms with Gasteiger partial charge in [-0.05, 0) is 57.0 Å². The summed E-state index contributed by atoms with van der Waals surface area (Å²) in [5.74, 6) is 1.29. The molecule has 1 fully saturated rings. The topological polar surface area (TPSA) is 81.0 Å². The van der Waals surface area contributed by atoms with Gasteiger partial charge in [-0.3, -0.25) is 4.79 Å². The van der Waals surface area contributed by atoms with Gasteiger partial charge >= 0.3 is 0 Å². The van der Waals surface area contributed by atoms with Gasteiger partial charge in [0.1, 0.15) is 5.56 Å². The highest BCUT2D eigenvalue weighted by molar-refractivity contribution is 5.99. The second-order valence-corrected chi connectivity index (χ2v) is 8.18. The van der Waals surface area contributed by atoms with Crippen molar-refractivity contribution < 1.29 is 14.3 Å². The summed E-state index contributed by atoms with van der Waals surface area (Å²) < 4.78 is 12.6. The summed E-state index contributed by atoms with van der Waals surface area (Å²) in [6, 6.07) is 8.26. The molecule has 2 aliphatic rings. The molecule has 1 aromatic carbocycles. The standard InChI is InChI=1S/C23H27N5O3/c1-16-5-2-3-11-27(16)12-4-9-25-23(29)18-14-26-28-19(8-10-24-22(18)28)17-6-7-20-21(13-17)31-15-30-20/h6-8,10,13-14,16H,2-5,9,11-12,15H2,1H3,(H,25,29). The highest BCUT2D eigenvalue weighted by Gasteiger charge is 2.20. The van der Waals surface area contributed by atoms with E-state index in [0.29, 0.717) is 29.5 Å². The maximum atomic E-state index is 12.8. The lowest BCUT2D eigenvalue weighted by atomic mass is 10.0. The van der Waals surface area contributed by atoms with Crippen LogP contribution >= 0.6 is 0 Å². The number of nitrogens with one attached hydrogen (secondary N) is 1. The summed E-state index contributed by atoms with van der Waals surface area (Å²) in [6.07, 6.45) is 8.09. The Hall–Kier alpha value is -3.13. The van der Waals surface area contributed by atoms with Crippen LogP contribution in [0.4, 0.5) is 0 Å². The number of carbonyl (C=O) groups excluding carboxylic acids is 1. The zero-order valence-corrected chi connectivity index (χ0v) is 17.7. The Balaban J connectivity index is 1.27. The molecule has 0 aliphatic carbocycles. The Bertz CT molecular complexity index is 1100. The van der Waals surface area contributed by atoms with Crippen LogP contribution in [0.1, 0.15) is 43.0 Å². The van der Waals surface area contributed by atoms with E-state index in [4.69, 9.17) is 9.47 Å². The van der Waals surface area contributed by atoms with Crippen molar-refractivity contribution in [1.29, 1.82) is 0 Å². The van der Waals surface area contributed by atoms with Gasteiger partial charge in [0.25, 0.3) is 5.91 Å². The van der Waals surface area contributed by atoms with Crippen molar-refractivity contribution in [2.24, 2.45) is 0 Å². The van der Waals surface area contributed by atoms with E-state index in [1.165, 1.54) is 19.3 Å². The van der Waals surface area contributed by atoms with Crippen LogP contribution in [0.25, 0.3) is 16.9 Å². The van der Waals surface area contributed by atoms with E-state index < -0.39 is 0 Å². The van der Waals surface area contributed by atoms with Gasteiger partial charge < -0.3 is 19.7 Å². The van der Waals surface area contributed by atoms with E-state index in [0.717, 1.165) is 36.5 Å². The lowest BCUT2D eigenvalue weighted by Crippen LogP contribution is -2.39. The van der Waals surface area contributed by atoms with Crippen LogP contribution in [0.5, 0.6) is 11.5 Å². The quantitative estimate of drug-likeness (QED) is 0.616. The van der Waals surface area contributed by atoms with Gasteiger partial charge in [0.15, 0.2) is 17.1 Å². The minimum atomic E-state index is -0.142. The fourth-order valence-corrected chi connectivity index (χ4v) is 4.40. The first-order valence-electron chi connectivity index (χ1n) is 11.0. The zero-order valence-electron chi connectivity index (χ0n) is 17.7. The predicted octanol–water partition coefficient (Wildman–Crippen LogP) is 3.12. The molecule has 2 aromatic heterocycles. The molecule has 162 valence electrons. The molecule has 1 unspecified atom stereocenters. The maximum absolute atomic E-state index is 12.8. The Morgan fingerprint density at radius 2 is 2.13 bits per heavy atom. The highest BCUT2D eigenvalue weighted by atomic mass is 16.7. The molecule has 1 atom stereocenters. The molecule has 0 spiro atoms. The van der Waals surface area contributed by atoms with E-state index in [9.17, 15) is 4.79 Å². The molecule has 8 nitrogen and oxygen atoms in total. The third-order valence-electron chi connectivity index (χ3n) is 6.16. The van der Waals surface area contributed by atoms with Gasteiger partial charge in [-0.2, -0.15) is 5.10 Å². The zero-order chi connectivity index (χ0) is 21.2. The van der Waals surface area contributed by atoms with Gasteiger partial charge in [0.2, 0.25) is 6.79 Å². The first-order chi connectivity index (χ1) is 15.2. The van der Waals surface area contributed by atoms with E-state index in [-0.39, 0.29) is 12.7 Å². The van der Waals surface area contributed by atoms with Crippen LogP contribution in [0.15, 0.2) is 36.7 Å². The highest BCUT2D eigenvalue weighted by Crippen LogP contribution is 2.35. The van der Waals surface area contributed by atoms with Gasteiger partial charge in [0.05, 0.1) is 11.9 Å². The lowest BCUT2D eigenvalue weighted by Gasteiger charge is -2.33. The van der Waals surface area contributed by atoms with Crippen molar-refractivity contribution in [3.63, 3.8) is 0 Å². The summed E-state index contributed by atoms with van der Waals surface area (Å²) in [7, 11) is 0. The SMILES string of the molecule is CC1CCCCN1CCCNC(=O)c1cnn2c(-c3ccc4c(c3)OCO4)ccnc12. The fourth-order valence-electron chi connectivity index (χ4n) is 4.40. The molecular formula is C23H27N5O3. The number of fused-ring (bicyclic) bond motifs is 2. The number of carbonyl (C=O) groups is 1. The molecule has 31 heavy (non-hydrogen) atoms. The number of ether oxygens (including phenoxy) is 2. The average Bonchev–Trinajstić information content (AvgIpc) is 3.44. The third-order valence-corrected chi connectivity index (χ3v) is 6.16. The van der Waals surface area contributed by atoms with Crippen LogP contribution in [-0.4, -0.2) is 57.9 Å². The molecule has 1 saturated heterocycles. The number of piperidine rings is 1. The number of likely N-dealkylation sites (tertiary alicyclic amines) is 1. The molecule has 8 heteroatoms. The van der Waals surface area contributed by atoms with E-state index in [1.54, 1.807) is 16.9 Å². The number of rotatable bonds is 6. The minimum Gasteiger partial charge on any atom is -0.454 e. The molecule has 1 amide bonds. The van der Waals surface area contributed by atoms with Crippen molar-refractivity contribution in [2.75, 3.05) is 26.4 Å². The molecule has 4 heterocycles. The van der Waals surface area contributed by atoms with Crippen molar-refractivity contribution in [3.05, 3.63) is 42.2 Å². The van der Waals surface area contributed by atoms with Crippen molar-refractivity contribution in [3.8, 4) is 22.8 Å². The number of amides is 1. The molecule has 2 aliphatic heterocycles. The van der Waals surface area contributed by atoms with Gasteiger partial charge in [-0.25, -0.2) is 9.50 Å². The number of aromatic nitrogens is 3. The molecule has 0 bridgehead atoms. The van der Waals surface area contributed by atoms with Gasteiger partial charge in [-0.15, -0.1) is 0 Å². The smallest absolute Gasteiger partial charge is 0.256 e. The number of hydrogen-bond acceptors (Lipinski definition) is 6. The second kappa shape index (κ2) is 8.55. The fraction of sp³-hybridized carbons (Fsp3) is 0.435. The average molecular weight is 422 g/mol. The van der Waals surface area contributed by atoms with Gasteiger partial charge in [-0.1, -0.05) is 6.42 Å². The molecule has 3 aromatic rings. The summed E-state index contributed by atoms with van der Waals surface area (Å²) >= 11 is 0. The Labute approximate surface area is 181 Å². The predicted molar refractivity (Wildman–Crippen MR) is 116 cm³/mol. The van der Waals surface area contributed by atoms with Crippen LogP contribution < -0.4 is 14.8 Å². The molecule has 0 radical (unpaired) electrons. The van der Waals surface area contributed by atoms with E-state index in [2.05, 4.69) is 27.2 Å². The van der Waals surface area contributed by atoms with Crippen LogP contribution in [-0.2, 0) is 0 Å². The lowest BCUT2D eigenvalue weighted by molar-refractivity contribution is 0.0950. The van der Waals surface area contributed by atoms with Crippen molar-refractivity contribution in [1.82, 2.24) is 24.8 Å². The number of nitrogens with zero attached hydrogens (tertiary/aromatic N) is 4. The minimum absolute atomic E-state index is 0.142.